The van der Waals surface area contributed by atoms with E-state index in [2.05, 4.69) is 5.32 Å². The molecule has 1 N–H and O–H groups in total. The number of halogens is 1. The van der Waals surface area contributed by atoms with Crippen LogP contribution in [0.15, 0.2) is 47.4 Å². The van der Waals surface area contributed by atoms with Gasteiger partial charge in [0.25, 0.3) is 5.91 Å². The monoisotopic (exact) mass is 464 g/mol. The highest BCUT2D eigenvalue weighted by Gasteiger charge is 2.38. The largest absolute Gasteiger partial charge is 0.454 e. The molecule has 31 heavy (non-hydrogen) atoms. The summed E-state index contributed by atoms with van der Waals surface area (Å²) in [5, 5.41) is 2.97. The van der Waals surface area contributed by atoms with Gasteiger partial charge in [-0.25, -0.2) is 8.42 Å². The van der Waals surface area contributed by atoms with E-state index >= 15 is 0 Å². The van der Waals surface area contributed by atoms with Crippen molar-refractivity contribution in [3.63, 3.8) is 0 Å². The topological polar surface area (TPSA) is 92.8 Å². The van der Waals surface area contributed by atoms with Crippen molar-refractivity contribution in [2.45, 2.75) is 44.0 Å². The van der Waals surface area contributed by atoms with Crippen LogP contribution in [0.5, 0.6) is 0 Å². The minimum Gasteiger partial charge on any atom is -0.454 e. The number of piperidine rings is 1. The van der Waals surface area contributed by atoms with E-state index in [0.717, 1.165) is 11.1 Å². The highest BCUT2D eigenvalue weighted by molar-refractivity contribution is 7.89. The SMILES string of the molecule is Cc1ccc(S(=O)(=O)N2CCCCC2C(=O)OCC(=O)Nc2ccc(C)cc2Cl)cc1. The third kappa shape index (κ3) is 5.64. The second-order valence-corrected chi connectivity index (χ2v) is 9.88. The van der Waals surface area contributed by atoms with Crippen LogP contribution in [-0.2, 0) is 24.3 Å². The Hall–Kier alpha value is -2.42. The fourth-order valence-corrected chi connectivity index (χ4v) is 5.34. The number of rotatable bonds is 6. The van der Waals surface area contributed by atoms with Gasteiger partial charge in [-0.3, -0.25) is 9.59 Å². The average molecular weight is 465 g/mol. The van der Waals surface area contributed by atoms with E-state index in [-0.39, 0.29) is 11.4 Å². The Balaban J connectivity index is 1.66. The lowest BCUT2D eigenvalue weighted by Crippen LogP contribution is -2.48. The Bertz CT molecular complexity index is 1070. The number of aryl methyl sites for hydroxylation is 2. The maximum absolute atomic E-state index is 13.1. The Labute approximate surface area is 187 Å². The van der Waals surface area contributed by atoms with Crippen LogP contribution in [0.2, 0.25) is 5.02 Å². The fourth-order valence-electron chi connectivity index (χ4n) is 3.41. The number of hydrogen-bond acceptors (Lipinski definition) is 5. The lowest BCUT2D eigenvalue weighted by molar-refractivity contribution is -0.152. The summed E-state index contributed by atoms with van der Waals surface area (Å²) >= 11 is 6.10. The summed E-state index contributed by atoms with van der Waals surface area (Å²) in [5.74, 6) is -1.29. The molecule has 166 valence electrons. The first-order valence-electron chi connectivity index (χ1n) is 9.99. The van der Waals surface area contributed by atoms with Crippen LogP contribution in [0.1, 0.15) is 30.4 Å². The molecule has 0 bridgehead atoms. The Morgan fingerprint density at radius 3 is 2.45 bits per heavy atom. The lowest BCUT2D eigenvalue weighted by atomic mass is 10.1. The van der Waals surface area contributed by atoms with Gasteiger partial charge in [-0.05, 0) is 62.9 Å². The van der Waals surface area contributed by atoms with Gasteiger partial charge in [0.05, 0.1) is 15.6 Å². The minimum atomic E-state index is -3.86. The number of amides is 1. The first-order chi connectivity index (χ1) is 14.7. The molecule has 1 fully saturated rings. The number of benzene rings is 2. The molecular weight excluding hydrogens is 440 g/mol. The molecule has 7 nitrogen and oxygen atoms in total. The molecule has 0 saturated carbocycles. The van der Waals surface area contributed by atoms with Crippen molar-refractivity contribution >= 4 is 39.2 Å². The van der Waals surface area contributed by atoms with Crippen LogP contribution < -0.4 is 5.32 Å². The Morgan fingerprint density at radius 2 is 1.77 bits per heavy atom. The second-order valence-electron chi connectivity index (χ2n) is 7.58. The number of carbonyl (C=O) groups is 2. The first kappa shape index (κ1) is 23.2. The van der Waals surface area contributed by atoms with Crippen molar-refractivity contribution < 1.29 is 22.7 Å². The highest BCUT2D eigenvalue weighted by atomic mass is 35.5. The van der Waals surface area contributed by atoms with Gasteiger partial charge < -0.3 is 10.1 Å². The number of nitrogens with zero attached hydrogens (tertiary/aromatic N) is 1. The van der Waals surface area contributed by atoms with Crippen LogP contribution in [0, 0.1) is 13.8 Å². The molecule has 1 aliphatic heterocycles. The van der Waals surface area contributed by atoms with E-state index in [9.17, 15) is 18.0 Å². The third-order valence-corrected chi connectivity index (χ3v) is 7.33. The molecule has 1 aliphatic rings. The molecule has 3 rings (SSSR count). The third-order valence-electron chi connectivity index (χ3n) is 5.10. The summed E-state index contributed by atoms with van der Waals surface area (Å²) < 4.78 is 32.5. The number of hydrogen-bond donors (Lipinski definition) is 1. The Kier molecular flexibility index (Phi) is 7.35. The van der Waals surface area contributed by atoms with E-state index in [1.54, 1.807) is 30.3 Å². The number of nitrogens with one attached hydrogen (secondary N) is 1. The van der Waals surface area contributed by atoms with Crippen molar-refractivity contribution in [1.29, 1.82) is 0 Å². The van der Waals surface area contributed by atoms with Gasteiger partial charge in [-0.15, -0.1) is 0 Å². The molecule has 2 aromatic carbocycles. The number of esters is 1. The van der Waals surface area contributed by atoms with Crippen LogP contribution in [0.25, 0.3) is 0 Å². The number of carbonyl (C=O) groups excluding carboxylic acids is 2. The maximum Gasteiger partial charge on any atom is 0.324 e. The zero-order chi connectivity index (χ0) is 22.6. The molecule has 0 spiro atoms. The van der Waals surface area contributed by atoms with Gasteiger partial charge in [-0.2, -0.15) is 4.31 Å². The number of ether oxygens (including phenoxy) is 1. The summed E-state index contributed by atoms with van der Waals surface area (Å²) in [7, 11) is -3.86. The number of sulfonamides is 1. The normalized spacial score (nSPS) is 17.2. The van der Waals surface area contributed by atoms with Crippen LogP contribution in [0.4, 0.5) is 5.69 Å². The van der Waals surface area contributed by atoms with Gasteiger partial charge in [0, 0.05) is 6.54 Å². The lowest BCUT2D eigenvalue weighted by Gasteiger charge is -2.33. The molecule has 0 aromatic heterocycles. The van der Waals surface area contributed by atoms with E-state index in [1.807, 2.05) is 13.8 Å². The smallest absolute Gasteiger partial charge is 0.324 e. The predicted molar refractivity (Wildman–Crippen MR) is 118 cm³/mol. The van der Waals surface area contributed by atoms with E-state index in [4.69, 9.17) is 16.3 Å². The minimum absolute atomic E-state index is 0.129. The Morgan fingerprint density at radius 1 is 1.10 bits per heavy atom. The van der Waals surface area contributed by atoms with Crippen molar-refractivity contribution in [2.75, 3.05) is 18.5 Å². The van der Waals surface area contributed by atoms with E-state index in [1.165, 1.54) is 16.4 Å². The predicted octanol–water partition coefficient (Wildman–Crippen LogP) is 3.68. The molecule has 9 heteroatoms. The van der Waals surface area contributed by atoms with Gasteiger partial charge in [-0.1, -0.05) is 35.4 Å². The fraction of sp³-hybridized carbons (Fsp3) is 0.364. The zero-order valence-electron chi connectivity index (χ0n) is 17.4. The quantitative estimate of drug-likeness (QED) is 0.658. The van der Waals surface area contributed by atoms with Gasteiger partial charge in [0.15, 0.2) is 6.61 Å². The van der Waals surface area contributed by atoms with Crippen LogP contribution in [-0.4, -0.2) is 43.8 Å². The molecule has 0 aliphatic carbocycles. The highest BCUT2D eigenvalue weighted by Crippen LogP contribution is 2.27. The first-order valence-corrected chi connectivity index (χ1v) is 11.8. The molecule has 1 atom stereocenters. The molecule has 1 saturated heterocycles. The molecule has 1 amide bonds. The van der Waals surface area contributed by atoms with Gasteiger partial charge in [0.1, 0.15) is 6.04 Å². The second kappa shape index (κ2) is 9.80. The average Bonchev–Trinajstić information content (AvgIpc) is 2.74. The van der Waals surface area contributed by atoms with Crippen LogP contribution >= 0.6 is 11.6 Å². The standard InChI is InChI=1S/C22H25ClN2O5S/c1-15-6-9-17(10-7-15)31(28,29)25-12-4-3-5-20(25)22(27)30-14-21(26)24-19-11-8-16(2)13-18(19)23/h6-11,13,20H,3-5,12,14H2,1-2H3,(H,24,26). The number of anilines is 1. The summed E-state index contributed by atoms with van der Waals surface area (Å²) in [6.45, 7) is 3.44. The zero-order valence-corrected chi connectivity index (χ0v) is 19.0. The summed E-state index contributed by atoms with van der Waals surface area (Å²) in [5.41, 5.74) is 2.30. The van der Waals surface area contributed by atoms with E-state index < -0.39 is 34.5 Å². The van der Waals surface area contributed by atoms with Crippen molar-refractivity contribution in [3.05, 3.63) is 58.6 Å². The summed E-state index contributed by atoms with van der Waals surface area (Å²) in [6, 6.07) is 10.7. The summed E-state index contributed by atoms with van der Waals surface area (Å²) in [4.78, 5) is 25.0. The van der Waals surface area contributed by atoms with Crippen LogP contribution in [0.3, 0.4) is 0 Å². The maximum atomic E-state index is 13.1. The molecule has 1 heterocycles. The van der Waals surface area contributed by atoms with E-state index in [0.29, 0.717) is 30.0 Å². The van der Waals surface area contributed by atoms with Gasteiger partial charge >= 0.3 is 5.97 Å². The molecule has 2 aromatic rings. The molecule has 1 unspecified atom stereocenters. The van der Waals surface area contributed by atoms with Crippen molar-refractivity contribution in [1.82, 2.24) is 4.31 Å². The molecular formula is C22H25ClN2O5S. The molecule has 0 radical (unpaired) electrons. The van der Waals surface area contributed by atoms with Gasteiger partial charge in [0.2, 0.25) is 10.0 Å². The summed E-state index contributed by atoms with van der Waals surface area (Å²) in [6.07, 6.45) is 1.70. The van der Waals surface area contributed by atoms with Crippen molar-refractivity contribution in [2.24, 2.45) is 0 Å². The van der Waals surface area contributed by atoms with Crippen molar-refractivity contribution in [3.8, 4) is 0 Å².